The molecule has 5 nitrogen and oxygen atoms in total. The molecular weight excluding hydrogens is 340 g/mol. The summed E-state index contributed by atoms with van der Waals surface area (Å²) in [5.41, 5.74) is 10.2. The topological polar surface area (TPSA) is 72.6 Å². The van der Waals surface area contributed by atoms with Crippen molar-refractivity contribution in [3.05, 3.63) is 70.3 Å². The van der Waals surface area contributed by atoms with Crippen LogP contribution in [0, 0.1) is 0 Å². The summed E-state index contributed by atoms with van der Waals surface area (Å²) in [6.07, 6.45) is 2.91. The average Bonchev–Trinajstić information content (AvgIpc) is 2.73. The smallest absolute Gasteiger partial charge is 0.254 e. The Morgan fingerprint density at radius 3 is 2.52 bits per heavy atom. The van der Waals surface area contributed by atoms with Crippen molar-refractivity contribution in [1.29, 1.82) is 0 Å². The zero-order valence-corrected chi connectivity index (χ0v) is 15.3. The number of primary amides is 1. The van der Waals surface area contributed by atoms with Crippen molar-refractivity contribution in [2.45, 2.75) is 25.2 Å². The minimum atomic E-state index is -0.508. The highest BCUT2D eigenvalue weighted by atomic mass is 16.5. The number of carbonyl (C=O) groups is 2. The van der Waals surface area contributed by atoms with E-state index in [4.69, 9.17) is 10.5 Å². The van der Waals surface area contributed by atoms with E-state index in [9.17, 15) is 9.59 Å². The monoisotopic (exact) mass is 364 g/mol. The first-order chi connectivity index (χ1) is 13.1. The van der Waals surface area contributed by atoms with Gasteiger partial charge in [0.1, 0.15) is 0 Å². The van der Waals surface area contributed by atoms with Crippen LogP contribution in [-0.2, 0) is 17.6 Å². The lowest BCUT2D eigenvalue weighted by Crippen LogP contribution is -2.41. The van der Waals surface area contributed by atoms with Crippen molar-refractivity contribution >= 4 is 11.8 Å². The fourth-order valence-electron chi connectivity index (χ4n) is 4.15. The van der Waals surface area contributed by atoms with Crippen LogP contribution in [0.25, 0.3) is 0 Å². The van der Waals surface area contributed by atoms with Gasteiger partial charge in [-0.3, -0.25) is 9.59 Å². The van der Waals surface area contributed by atoms with Gasteiger partial charge >= 0.3 is 0 Å². The van der Waals surface area contributed by atoms with Crippen molar-refractivity contribution in [3.63, 3.8) is 0 Å². The number of fused-ring (bicyclic) bond motifs is 1. The molecule has 1 unspecified atom stereocenters. The largest absolute Gasteiger partial charge is 0.378 e. The second-order valence-corrected chi connectivity index (χ2v) is 7.28. The Morgan fingerprint density at radius 1 is 1.04 bits per heavy atom. The normalized spacial score (nSPS) is 19.4. The number of amides is 2. The van der Waals surface area contributed by atoms with Crippen molar-refractivity contribution in [2.75, 3.05) is 26.3 Å². The molecule has 2 N–H and O–H groups in total. The van der Waals surface area contributed by atoms with Gasteiger partial charge in [-0.25, -0.2) is 0 Å². The van der Waals surface area contributed by atoms with Crippen LogP contribution < -0.4 is 5.73 Å². The molecule has 0 aromatic heterocycles. The Balaban J connectivity index is 1.69. The first-order valence-electron chi connectivity index (χ1n) is 9.51. The molecule has 0 bridgehead atoms. The van der Waals surface area contributed by atoms with Crippen LogP contribution in [0.4, 0.5) is 0 Å². The summed E-state index contributed by atoms with van der Waals surface area (Å²) in [7, 11) is 0. The third-order valence-corrected chi connectivity index (χ3v) is 5.65. The van der Waals surface area contributed by atoms with Gasteiger partial charge in [0.2, 0.25) is 5.91 Å². The highest BCUT2D eigenvalue weighted by Gasteiger charge is 2.27. The summed E-state index contributed by atoms with van der Waals surface area (Å²) in [4.78, 5) is 26.7. The van der Waals surface area contributed by atoms with E-state index in [1.165, 1.54) is 11.1 Å². The quantitative estimate of drug-likeness (QED) is 0.910. The Morgan fingerprint density at radius 2 is 1.78 bits per heavy atom. The Bertz CT molecular complexity index is 872. The van der Waals surface area contributed by atoms with Crippen molar-refractivity contribution < 1.29 is 14.3 Å². The Hall–Kier alpha value is -2.66. The number of hydrogen-bond acceptors (Lipinski definition) is 3. The molecule has 2 aromatic carbocycles. The van der Waals surface area contributed by atoms with Crippen LogP contribution in [0.5, 0.6) is 0 Å². The molecule has 2 aliphatic rings. The van der Waals surface area contributed by atoms with E-state index in [0.29, 0.717) is 37.4 Å². The van der Waals surface area contributed by atoms with Gasteiger partial charge in [0, 0.05) is 24.2 Å². The van der Waals surface area contributed by atoms with E-state index in [2.05, 4.69) is 24.3 Å². The van der Waals surface area contributed by atoms with Gasteiger partial charge in [-0.2, -0.15) is 0 Å². The molecule has 1 atom stereocenters. The lowest BCUT2D eigenvalue weighted by molar-refractivity contribution is 0.0301. The number of aryl methyl sites for hydroxylation is 1. The van der Waals surface area contributed by atoms with Crippen LogP contribution in [0.2, 0.25) is 0 Å². The minimum absolute atomic E-state index is 0.0322. The number of rotatable bonds is 3. The molecule has 2 aromatic rings. The molecular formula is C22H24N2O3. The number of nitrogens with zero attached hydrogens (tertiary/aromatic N) is 1. The van der Waals surface area contributed by atoms with Crippen molar-refractivity contribution in [2.24, 2.45) is 5.73 Å². The van der Waals surface area contributed by atoms with E-state index >= 15 is 0 Å². The summed E-state index contributed by atoms with van der Waals surface area (Å²) in [6.45, 7) is 2.25. The third kappa shape index (κ3) is 3.60. The molecule has 2 amide bonds. The molecule has 27 heavy (non-hydrogen) atoms. The molecule has 1 fully saturated rings. The first kappa shape index (κ1) is 17.7. The third-order valence-electron chi connectivity index (χ3n) is 5.65. The minimum Gasteiger partial charge on any atom is -0.378 e. The predicted molar refractivity (Wildman–Crippen MR) is 103 cm³/mol. The summed E-state index contributed by atoms with van der Waals surface area (Å²) in [6, 6.07) is 13.8. The van der Waals surface area contributed by atoms with Gasteiger partial charge in [0.15, 0.2) is 0 Å². The predicted octanol–water partition coefficient (Wildman–Crippen LogP) is 2.53. The molecule has 1 saturated heterocycles. The number of morpholine rings is 1. The molecule has 140 valence electrons. The van der Waals surface area contributed by atoms with Crippen LogP contribution in [0.3, 0.4) is 0 Å². The number of carbonyl (C=O) groups excluding carboxylic acids is 2. The summed E-state index contributed by atoms with van der Waals surface area (Å²) < 4.78 is 5.37. The summed E-state index contributed by atoms with van der Waals surface area (Å²) in [5.74, 6) is -0.274. The lowest BCUT2D eigenvalue weighted by atomic mass is 9.78. The van der Waals surface area contributed by atoms with E-state index in [1.54, 1.807) is 12.1 Å². The van der Waals surface area contributed by atoms with Gasteiger partial charge < -0.3 is 15.4 Å². The SMILES string of the molecule is NC(=O)c1ccc(C2CCc3ccccc3C2)c(C(=O)N2CCOCC2)c1. The maximum atomic E-state index is 13.2. The molecule has 0 spiro atoms. The molecule has 1 heterocycles. The Labute approximate surface area is 159 Å². The standard InChI is InChI=1S/C22H24N2O3/c23-21(25)18-7-8-19(17-6-5-15-3-1-2-4-16(15)13-17)20(14-18)22(26)24-9-11-27-12-10-24/h1-4,7-8,14,17H,5-6,9-13H2,(H2,23,25). The van der Waals surface area contributed by atoms with Crippen molar-refractivity contribution in [3.8, 4) is 0 Å². The van der Waals surface area contributed by atoms with Crippen LogP contribution in [0.15, 0.2) is 42.5 Å². The van der Waals surface area contributed by atoms with E-state index in [0.717, 1.165) is 24.8 Å². The second kappa shape index (κ2) is 7.53. The molecule has 0 saturated carbocycles. The van der Waals surface area contributed by atoms with Gasteiger partial charge in [-0.05, 0) is 54.0 Å². The number of nitrogens with two attached hydrogens (primary N) is 1. The number of ether oxygens (including phenoxy) is 1. The highest BCUT2D eigenvalue weighted by Crippen LogP contribution is 2.35. The maximum Gasteiger partial charge on any atom is 0.254 e. The Kier molecular flexibility index (Phi) is 4.94. The zero-order chi connectivity index (χ0) is 18.8. The van der Waals surface area contributed by atoms with Gasteiger partial charge in [-0.15, -0.1) is 0 Å². The fourth-order valence-corrected chi connectivity index (χ4v) is 4.15. The van der Waals surface area contributed by atoms with E-state index in [-0.39, 0.29) is 11.8 Å². The van der Waals surface area contributed by atoms with Gasteiger partial charge in [-0.1, -0.05) is 30.3 Å². The summed E-state index contributed by atoms with van der Waals surface area (Å²) in [5, 5.41) is 0. The zero-order valence-electron chi connectivity index (χ0n) is 15.3. The van der Waals surface area contributed by atoms with E-state index in [1.807, 2.05) is 11.0 Å². The van der Waals surface area contributed by atoms with Crippen LogP contribution >= 0.6 is 0 Å². The van der Waals surface area contributed by atoms with Crippen LogP contribution in [-0.4, -0.2) is 43.0 Å². The lowest BCUT2D eigenvalue weighted by Gasteiger charge is -2.30. The maximum absolute atomic E-state index is 13.2. The van der Waals surface area contributed by atoms with Crippen LogP contribution in [0.1, 0.15) is 49.7 Å². The molecule has 1 aliphatic carbocycles. The number of benzene rings is 2. The first-order valence-corrected chi connectivity index (χ1v) is 9.51. The molecule has 4 rings (SSSR count). The molecule has 0 radical (unpaired) electrons. The molecule has 1 aliphatic heterocycles. The molecule has 5 heteroatoms. The average molecular weight is 364 g/mol. The van der Waals surface area contributed by atoms with Gasteiger partial charge in [0.05, 0.1) is 13.2 Å². The second-order valence-electron chi connectivity index (χ2n) is 7.28. The van der Waals surface area contributed by atoms with Gasteiger partial charge in [0.25, 0.3) is 5.91 Å². The van der Waals surface area contributed by atoms with Crippen molar-refractivity contribution in [1.82, 2.24) is 4.90 Å². The number of hydrogen-bond donors (Lipinski definition) is 1. The highest BCUT2D eigenvalue weighted by molar-refractivity contribution is 6.00. The van der Waals surface area contributed by atoms with E-state index < -0.39 is 5.91 Å². The fraction of sp³-hybridized carbons (Fsp3) is 0.364. The summed E-state index contributed by atoms with van der Waals surface area (Å²) >= 11 is 0.